The molecule has 56 heavy (non-hydrogen) atoms. The number of rotatable bonds is 31. The van der Waals surface area contributed by atoms with E-state index in [1.807, 2.05) is 34.6 Å². The number of nitrogens with one attached hydrogen (secondary N) is 4. The van der Waals surface area contributed by atoms with Gasteiger partial charge in [-0.3, -0.25) is 33.6 Å². The molecule has 7 N–H and O–H groups in total. The standard InChI is InChI=1S/C38H68N4O14/c1-35(2,3)55-20-18-36(4,5)56-24-29(44)40-26(14-16-30(45)46)32(49)37(6,7)39-19-12-11-13-25(33(50)38(8,9)52)42-34(51)27(15-17-31(47)48)41-28(43)23-54-22-21-53-10/h25-27,39,52H,11-24H2,1-10H3,(H,40,44)(H,41,43)(H,42,51)(H,45,46)(H,47,48)/t25-,26-,27-/m0/s1. The normalized spacial score (nSPS) is 14.0. The first-order valence-electron chi connectivity index (χ1n) is 18.9. The first-order chi connectivity index (χ1) is 25.7. The maximum Gasteiger partial charge on any atom is 0.303 e. The van der Waals surface area contributed by atoms with E-state index in [0.29, 0.717) is 25.9 Å². The number of hydrogen-bond donors (Lipinski definition) is 7. The summed E-state index contributed by atoms with van der Waals surface area (Å²) in [5, 5.41) is 39.7. The molecule has 0 aromatic rings. The van der Waals surface area contributed by atoms with E-state index in [-0.39, 0.29) is 57.6 Å². The Morgan fingerprint density at radius 2 is 1.16 bits per heavy atom. The van der Waals surface area contributed by atoms with Crippen LogP contribution in [0.2, 0.25) is 0 Å². The van der Waals surface area contributed by atoms with Crippen molar-refractivity contribution in [3.05, 3.63) is 0 Å². The lowest BCUT2D eigenvalue weighted by Gasteiger charge is -2.31. The van der Waals surface area contributed by atoms with Crippen molar-refractivity contribution in [3.8, 4) is 0 Å². The van der Waals surface area contributed by atoms with Crippen molar-refractivity contribution < 1.29 is 67.8 Å². The topological polar surface area (TPSA) is 265 Å². The molecule has 0 aliphatic rings. The number of ether oxygens (including phenoxy) is 4. The van der Waals surface area contributed by atoms with E-state index in [4.69, 9.17) is 18.9 Å². The van der Waals surface area contributed by atoms with E-state index in [1.54, 1.807) is 13.8 Å². The zero-order chi connectivity index (χ0) is 43.3. The Labute approximate surface area is 330 Å². The lowest BCUT2D eigenvalue weighted by atomic mass is 9.90. The lowest BCUT2D eigenvalue weighted by Crippen LogP contribution is -2.56. The van der Waals surface area contributed by atoms with E-state index in [9.17, 15) is 48.9 Å². The van der Waals surface area contributed by atoms with Gasteiger partial charge in [-0.2, -0.15) is 0 Å². The first-order valence-corrected chi connectivity index (χ1v) is 18.9. The van der Waals surface area contributed by atoms with E-state index < -0.39 is 89.1 Å². The Hall–Kier alpha value is -3.55. The van der Waals surface area contributed by atoms with Crippen LogP contribution >= 0.6 is 0 Å². The molecule has 0 unspecified atom stereocenters. The smallest absolute Gasteiger partial charge is 0.303 e. The molecular weight excluding hydrogens is 736 g/mol. The highest BCUT2D eigenvalue weighted by molar-refractivity contribution is 5.97. The number of ketones is 2. The fourth-order valence-electron chi connectivity index (χ4n) is 5.15. The van der Waals surface area contributed by atoms with Crippen LogP contribution in [0.25, 0.3) is 0 Å². The van der Waals surface area contributed by atoms with Crippen molar-refractivity contribution in [2.75, 3.05) is 46.7 Å². The maximum absolute atomic E-state index is 13.6. The summed E-state index contributed by atoms with van der Waals surface area (Å²) in [7, 11) is 1.46. The fraction of sp³-hybridized carbons (Fsp3) is 0.816. The zero-order valence-corrected chi connectivity index (χ0v) is 35.0. The summed E-state index contributed by atoms with van der Waals surface area (Å²) < 4.78 is 21.5. The van der Waals surface area contributed by atoms with Crippen LogP contribution in [-0.4, -0.2) is 144 Å². The molecule has 3 atom stereocenters. The molecule has 0 aromatic heterocycles. The maximum atomic E-state index is 13.6. The predicted molar refractivity (Wildman–Crippen MR) is 205 cm³/mol. The number of hydrogen-bond acceptors (Lipinski definition) is 13. The highest BCUT2D eigenvalue weighted by Gasteiger charge is 2.36. The minimum atomic E-state index is -1.84. The molecule has 0 saturated carbocycles. The molecule has 0 radical (unpaired) electrons. The van der Waals surface area contributed by atoms with Crippen molar-refractivity contribution in [2.24, 2.45) is 0 Å². The Balaban J connectivity index is 5.51. The molecule has 0 bridgehead atoms. The number of unbranched alkanes of at least 4 members (excludes halogenated alkanes) is 1. The molecule has 324 valence electrons. The summed E-state index contributed by atoms with van der Waals surface area (Å²) >= 11 is 0. The number of carbonyl (C=O) groups excluding carboxylic acids is 5. The summed E-state index contributed by atoms with van der Waals surface area (Å²) in [5.74, 6) is -5.58. The third kappa shape index (κ3) is 24.2. The van der Waals surface area contributed by atoms with Crippen LogP contribution in [0.1, 0.15) is 114 Å². The van der Waals surface area contributed by atoms with Crippen LogP contribution in [0.3, 0.4) is 0 Å². The number of aliphatic carboxylic acids is 2. The lowest BCUT2D eigenvalue weighted by molar-refractivity contribution is -0.141. The summed E-state index contributed by atoms with van der Waals surface area (Å²) in [6.45, 7) is 15.4. The van der Waals surface area contributed by atoms with Crippen LogP contribution in [-0.2, 0) is 52.5 Å². The number of carboxylic acids is 2. The molecular formula is C38H68N4O14. The number of aliphatic hydroxyl groups is 1. The Kier molecular flexibility index (Phi) is 23.4. The Morgan fingerprint density at radius 3 is 1.70 bits per heavy atom. The molecule has 0 aromatic carbocycles. The minimum absolute atomic E-state index is 0.0559. The number of carbonyl (C=O) groups is 7. The van der Waals surface area contributed by atoms with Crippen molar-refractivity contribution in [1.29, 1.82) is 0 Å². The molecule has 0 saturated heterocycles. The summed E-state index contributed by atoms with van der Waals surface area (Å²) in [6, 6.07) is -3.64. The van der Waals surface area contributed by atoms with E-state index in [2.05, 4.69) is 21.3 Å². The second-order valence-electron chi connectivity index (χ2n) is 16.3. The molecule has 0 fully saturated rings. The van der Waals surface area contributed by atoms with Crippen molar-refractivity contribution in [2.45, 2.75) is 154 Å². The van der Waals surface area contributed by atoms with Gasteiger partial charge in [-0.05, 0) is 107 Å². The number of carboxylic acid groups (broad SMARTS) is 2. The quantitative estimate of drug-likeness (QED) is 0.0487. The molecule has 0 aliphatic heterocycles. The van der Waals surface area contributed by atoms with Gasteiger partial charge < -0.3 is 55.5 Å². The highest BCUT2D eigenvalue weighted by Crippen LogP contribution is 2.18. The van der Waals surface area contributed by atoms with Crippen molar-refractivity contribution in [3.63, 3.8) is 0 Å². The molecule has 0 aliphatic carbocycles. The molecule has 0 rings (SSSR count). The van der Waals surface area contributed by atoms with E-state index in [0.717, 1.165) is 0 Å². The van der Waals surface area contributed by atoms with E-state index >= 15 is 0 Å². The van der Waals surface area contributed by atoms with Gasteiger partial charge in [0, 0.05) is 26.6 Å². The minimum Gasteiger partial charge on any atom is -0.481 e. The Bertz CT molecular complexity index is 1290. The summed E-state index contributed by atoms with van der Waals surface area (Å²) in [6.07, 6.45) is 0.0240. The summed E-state index contributed by atoms with van der Waals surface area (Å²) in [4.78, 5) is 88.0. The second kappa shape index (κ2) is 24.9. The largest absolute Gasteiger partial charge is 0.481 e. The van der Waals surface area contributed by atoms with Crippen molar-refractivity contribution >= 4 is 41.2 Å². The van der Waals surface area contributed by atoms with Crippen LogP contribution in [0.15, 0.2) is 0 Å². The summed E-state index contributed by atoms with van der Waals surface area (Å²) in [5.41, 5.74) is -4.10. The van der Waals surface area contributed by atoms with Crippen LogP contribution in [0.4, 0.5) is 0 Å². The Morgan fingerprint density at radius 1 is 0.625 bits per heavy atom. The van der Waals surface area contributed by atoms with E-state index in [1.165, 1.54) is 21.0 Å². The molecule has 0 spiro atoms. The predicted octanol–water partition coefficient (Wildman–Crippen LogP) is 1.28. The molecule has 18 heteroatoms. The fourth-order valence-corrected chi connectivity index (χ4v) is 5.15. The second-order valence-corrected chi connectivity index (χ2v) is 16.3. The van der Waals surface area contributed by atoms with Crippen LogP contribution in [0, 0.1) is 0 Å². The van der Waals surface area contributed by atoms with Gasteiger partial charge in [0.1, 0.15) is 24.9 Å². The van der Waals surface area contributed by atoms with Gasteiger partial charge in [-0.25, -0.2) is 0 Å². The van der Waals surface area contributed by atoms with Crippen LogP contribution in [0.5, 0.6) is 0 Å². The van der Waals surface area contributed by atoms with Gasteiger partial charge in [-0.15, -0.1) is 0 Å². The molecule has 18 nitrogen and oxygen atoms in total. The van der Waals surface area contributed by atoms with Gasteiger partial charge in [-0.1, -0.05) is 0 Å². The monoisotopic (exact) mass is 804 g/mol. The molecule has 0 heterocycles. The highest BCUT2D eigenvalue weighted by atomic mass is 16.5. The first kappa shape index (κ1) is 52.5. The average Bonchev–Trinajstić information content (AvgIpc) is 3.06. The van der Waals surface area contributed by atoms with Gasteiger partial charge in [0.2, 0.25) is 17.7 Å². The third-order valence-electron chi connectivity index (χ3n) is 8.43. The van der Waals surface area contributed by atoms with Gasteiger partial charge in [0.25, 0.3) is 0 Å². The van der Waals surface area contributed by atoms with Gasteiger partial charge in [0.05, 0.1) is 42.0 Å². The average molecular weight is 805 g/mol. The SMILES string of the molecule is COCCOCC(=O)N[C@@H](CCC(=O)O)C(=O)N[C@@H](CCCCNC(C)(C)C(=O)[C@H](CCC(=O)O)NC(=O)COC(C)(C)CCOC(C)(C)C)C(=O)C(C)(C)O. The number of Topliss-reactive ketones (excluding diaryl/α,β-unsaturated/α-hetero) is 2. The van der Waals surface area contributed by atoms with Crippen LogP contribution < -0.4 is 21.3 Å². The third-order valence-corrected chi connectivity index (χ3v) is 8.43. The number of methoxy groups -OCH3 is 1. The van der Waals surface area contributed by atoms with Crippen molar-refractivity contribution in [1.82, 2.24) is 21.3 Å². The van der Waals surface area contributed by atoms with Gasteiger partial charge in [0.15, 0.2) is 11.6 Å². The van der Waals surface area contributed by atoms with Gasteiger partial charge >= 0.3 is 11.9 Å². The number of amides is 3. The zero-order valence-electron chi connectivity index (χ0n) is 35.0. The molecule has 3 amide bonds.